The Morgan fingerprint density at radius 3 is 2.65 bits per heavy atom. The van der Waals surface area contributed by atoms with Crippen molar-refractivity contribution in [3.63, 3.8) is 0 Å². The van der Waals surface area contributed by atoms with Crippen LogP contribution < -0.4 is 21.5 Å². The summed E-state index contributed by atoms with van der Waals surface area (Å²) < 4.78 is 9.00. The van der Waals surface area contributed by atoms with Crippen LogP contribution in [0.3, 0.4) is 0 Å². The van der Waals surface area contributed by atoms with Gasteiger partial charge in [-0.05, 0) is 11.8 Å². The lowest BCUT2D eigenvalue weighted by Gasteiger charge is -2.30. The van der Waals surface area contributed by atoms with Crippen LogP contribution in [-0.2, 0) is 30.0 Å². The van der Waals surface area contributed by atoms with Crippen LogP contribution in [0.15, 0.2) is 21.9 Å². The number of nitrogens with zero attached hydrogens (tertiary/aromatic N) is 6. The minimum Gasteiger partial charge on any atom is -0.390 e. The summed E-state index contributed by atoms with van der Waals surface area (Å²) in [6, 6.07) is 0.678. The first-order valence-electron chi connectivity index (χ1n) is 11.3. The fourth-order valence-corrected chi connectivity index (χ4v) is 4.33. The summed E-state index contributed by atoms with van der Waals surface area (Å²) >= 11 is 0. The van der Waals surface area contributed by atoms with Crippen molar-refractivity contribution in [3.8, 4) is 0 Å². The summed E-state index contributed by atoms with van der Waals surface area (Å²) in [6.07, 6.45) is 1.94. The minimum atomic E-state index is -0.702. The monoisotopic (exact) mass is 477 g/mol. The molecule has 2 aromatic rings. The summed E-state index contributed by atoms with van der Waals surface area (Å²) in [7, 11) is 4.59. The van der Waals surface area contributed by atoms with Gasteiger partial charge in [0.1, 0.15) is 11.9 Å². The lowest BCUT2D eigenvalue weighted by molar-refractivity contribution is -0.128. The molecule has 2 N–H and O–H groups in total. The lowest BCUT2D eigenvalue weighted by atomic mass is 9.86. The standard InChI is InChI=1S/C22H35N7O5/c1-22(2,3)19(29-12-15(24-25-29)9-16(30)13-34-6)20(32)23-14-7-8-28(11-14)17-10-18(31)27(5)21(33)26(17)4/h10,12,14,16,19,30H,7-9,11,13H2,1-6H3,(H,23,32)/t14-,16-,19?/m0/s1. The molecule has 188 valence electrons. The van der Waals surface area contributed by atoms with Gasteiger partial charge >= 0.3 is 5.69 Å². The van der Waals surface area contributed by atoms with Gasteiger partial charge in [-0.25, -0.2) is 9.48 Å². The number of aromatic nitrogens is 5. The Bertz CT molecular complexity index is 1130. The number of aliphatic hydroxyl groups is 1. The third-order valence-corrected chi connectivity index (χ3v) is 6.05. The molecule has 0 spiro atoms. The minimum absolute atomic E-state index is 0.150. The van der Waals surface area contributed by atoms with Crippen molar-refractivity contribution < 1.29 is 14.6 Å². The number of ether oxygens (including phenoxy) is 1. The molecule has 1 saturated heterocycles. The smallest absolute Gasteiger partial charge is 0.332 e. The topological polar surface area (TPSA) is 137 Å². The molecule has 1 aliphatic heterocycles. The quantitative estimate of drug-likeness (QED) is 0.505. The number of carbonyl (C=O) groups excluding carboxylic acids is 1. The SMILES string of the molecule is COC[C@@H](O)Cc1cn(C(C(=O)N[C@H]2CCN(c3cc(=O)n(C)c(=O)n3C)C2)C(C)(C)C)nn1. The third-order valence-electron chi connectivity index (χ3n) is 6.05. The number of rotatable bonds is 8. The highest BCUT2D eigenvalue weighted by molar-refractivity contribution is 5.81. The van der Waals surface area contributed by atoms with Gasteiger partial charge in [-0.15, -0.1) is 5.10 Å². The molecular weight excluding hydrogens is 442 g/mol. The van der Waals surface area contributed by atoms with Gasteiger partial charge in [0.25, 0.3) is 5.56 Å². The van der Waals surface area contributed by atoms with Crippen LogP contribution in [0.5, 0.6) is 0 Å². The van der Waals surface area contributed by atoms with E-state index in [2.05, 4.69) is 15.6 Å². The molecule has 1 unspecified atom stereocenters. The molecule has 0 radical (unpaired) electrons. The number of methoxy groups -OCH3 is 1. The third kappa shape index (κ3) is 5.55. The number of carbonyl (C=O) groups is 1. The number of anilines is 1. The zero-order valence-corrected chi connectivity index (χ0v) is 20.7. The van der Waals surface area contributed by atoms with Gasteiger partial charge < -0.3 is 20.1 Å². The van der Waals surface area contributed by atoms with Crippen molar-refractivity contribution >= 4 is 11.7 Å². The molecule has 0 aliphatic carbocycles. The average molecular weight is 478 g/mol. The highest BCUT2D eigenvalue weighted by Gasteiger charge is 2.36. The van der Waals surface area contributed by atoms with Crippen LogP contribution in [0.2, 0.25) is 0 Å². The number of hydrogen-bond acceptors (Lipinski definition) is 8. The Morgan fingerprint density at radius 1 is 1.29 bits per heavy atom. The molecule has 12 heteroatoms. The summed E-state index contributed by atoms with van der Waals surface area (Å²) in [5, 5.41) is 21.4. The fourth-order valence-electron chi connectivity index (χ4n) is 4.33. The van der Waals surface area contributed by atoms with E-state index in [1.807, 2.05) is 25.7 Å². The van der Waals surface area contributed by atoms with E-state index in [1.165, 1.54) is 24.8 Å². The molecule has 3 heterocycles. The molecule has 2 aromatic heterocycles. The zero-order chi connectivity index (χ0) is 25.2. The molecule has 0 aromatic carbocycles. The maximum Gasteiger partial charge on any atom is 0.332 e. The first kappa shape index (κ1) is 25.6. The van der Waals surface area contributed by atoms with Crippen LogP contribution in [-0.4, -0.2) is 74.1 Å². The van der Waals surface area contributed by atoms with Gasteiger partial charge in [0.15, 0.2) is 0 Å². The summed E-state index contributed by atoms with van der Waals surface area (Å²) in [5.41, 5.74) is -0.629. The predicted molar refractivity (Wildman–Crippen MR) is 126 cm³/mol. The molecule has 3 atom stereocenters. The van der Waals surface area contributed by atoms with E-state index >= 15 is 0 Å². The van der Waals surface area contributed by atoms with E-state index in [0.29, 0.717) is 31.0 Å². The Hall–Kier alpha value is -2.99. The van der Waals surface area contributed by atoms with E-state index in [-0.39, 0.29) is 36.2 Å². The second-order valence-corrected chi connectivity index (χ2v) is 9.95. The number of aliphatic hydroxyl groups excluding tert-OH is 1. The molecule has 1 aliphatic rings. The van der Waals surface area contributed by atoms with Crippen LogP contribution >= 0.6 is 0 Å². The van der Waals surface area contributed by atoms with Crippen LogP contribution in [0, 0.1) is 5.41 Å². The second-order valence-electron chi connectivity index (χ2n) is 9.95. The molecular formula is C22H35N7O5. The highest BCUT2D eigenvalue weighted by Crippen LogP contribution is 2.31. The number of nitrogens with one attached hydrogen (secondary N) is 1. The molecule has 0 saturated carbocycles. The molecule has 1 amide bonds. The van der Waals surface area contributed by atoms with Gasteiger partial charge in [0.05, 0.1) is 18.4 Å². The first-order valence-corrected chi connectivity index (χ1v) is 11.3. The molecule has 3 rings (SSSR count). The summed E-state index contributed by atoms with van der Waals surface area (Å²) in [5.74, 6) is 0.346. The Labute approximate surface area is 198 Å². The Morgan fingerprint density at radius 2 is 2.00 bits per heavy atom. The Balaban J connectivity index is 1.73. The van der Waals surface area contributed by atoms with Crippen molar-refractivity contribution in [1.82, 2.24) is 29.4 Å². The van der Waals surface area contributed by atoms with Crippen molar-refractivity contribution in [2.45, 2.75) is 51.8 Å². The fraction of sp³-hybridized carbons (Fsp3) is 0.682. The maximum atomic E-state index is 13.3. The van der Waals surface area contributed by atoms with Crippen LogP contribution in [0.1, 0.15) is 38.9 Å². The van der Waals surface area contributed by atoms with Gasteiger partial charge in [-0.3, -0.25) is 18.7 Å². The molecule has 0 bridgehead atoms. The van der Waals surface area contributed by atoms with Gasteiger partial charge in [0, 0.05) is 59.0 Å². The van der Waals surface area contributed by atoms with E-state index in [1.54, 1.807) is 17.9 Å². The van der Waals surface area contributed by atoms with E-state index in [9.17, 15) is 19.5 Å². The van der Waals surface area contributed by atoms with Crippen LogP contribution in [0.4, 0.5) is 5.82 Å². The van der Waals surface area contributed by atoms with Crippen molar-refractivity contribution in [2.24, 2.45) is 19.5 Å². The summed E-state index contributed by atoms with van der Waals surface area (Å²) in [6.45, 7) is 7.14. The molecule has 12 nitrogen and oxygen atoms in total. The normalized spacial score (nSPS) is 18.2. The van der Waals surface area contributed by atoms with Gasteiger partial charge in [-0.2, -0.15) is 0 Å². The maximum absolute atomic E-state index is 13.3. The second kappa shape index (κ2) is 10.1. The van der Waals surface area contributed by atoms with Crippen molar-refractivity contribution in [3.05, 3.63) is 38.8 Å². The first-order chi connectivity index (χ1) is 15.9. The van der Waals surface area contributed by atoms with E-state index in [0.717, 1.165) is 4.57 Å². The summed E-state index contributed by atoms with van der Waals surface area (Å²) in [4.78, 5) is 39.7. The molecule has 34 heavy (non-hydrogen) atoms. The predicted octanol–water partition coefficient (Wildman–Crippen LogP) is -0.792. The highest BCUT2D eigenvalue weighted by atomic mass is 16.5. The van der Waals surface area contributed by atoms with Gasteiger partial charge in [0.2, 0.25) is 5.91 Å². The number of amides is 1. The number of hydrogen-bond donors (Lipinski definition) is 2. The van der Waals surface area contributed by atoms with E-state index < -0.39 is 17.6 Å². The largest absolute Gasteiger partial charge is 0.390 e. The lowest BCUT2D eigenvalue weighted by Crippen LogP contribution is -2.46. The van der Waals surface area contributed by atoms with Crippen molar-refractivity contribution in [2.75, 3.05) is 31.7 Å². The van der Waals surface area contributed by atoms with E-state index in [4.69, 9.17) is 4.74 Å². The van der Waals surface area contributed by atoms with Gasteiger partial charge in [-0.1, -0.05) is 26.0 Å². The molecule has 1 fully saturated rings. The Kier molecular flexibility index (Phi) is 7.61. The van der Waals surface area contributed by atoms with Crippen LogP contribution in [0.25, 0.3) is 0 Å². The van der Waals surface area contributed by atoms with Crippen molar-refractivity contribution in [1.29, 1.82) is 0 Å². The zero-order valence-electron chi connectivity index (χ0n) is 20.7. The average Bonchev–Trinajstić information content (AvgIpc) is 3.38.